The van der Waals surface area contributed by atoms with Crippen LogP contribution in [0.1, 0.15) is 16.7 Å². The molecule has 3 aromatic heterocycles. The fourth-order valence-corrected chi connectivity index (χ4v) is 2.99. The van der Waals surface area contributed by atoms with E-state index in [1.807, 2.05) is 30.3 Å². The normalized spacial score (nSPS) is 10.3. The molecule has 0 aliphatic heterocycles. The van der Waals surface area contributed by atoms with Crippen LogP contribution in [0.3, 0.4) is 0 Å². The van der Waals surface area contributed by atoms with Crippen molar-refractivity contribution in [2.75, 3.05) is 0 Å². The van der Waals surface area contributed by atoms with E-state index in [9.17, 15) is 10.5 Å². The Balaban J connectivity index is 2.26. The number of benzene rings is 1. The van der Waals surface area contributed by atoms with Crippen molar-refractivity contribution in [1.82, 2.24) is 14.5 Å². The van der Waals surface area contributed by atoms with Gasteiger partial charge in [-0.25, -0.2) is 9.97 Å². The Morgan fingerprint density at radius 3 is 1.72 bits per heavy atom. The Labute approximate surface area is 142 Å². The molecule has 0 fully saturated rings. The summed E-state index contributed by atoms with van der Waals surface area (Å²) in [6.45, 7) is 0. The van der Waals surface area contributed by atoms with E-state index >= 15 is 0 Å². The topological polar surface area (TPSA) is 102 Å². The molecule has 0 spiro atoms. The molecule has 4 rings (SSSR count). The molecule has 4 aromatic rings. The van der Waals surface area contributed by atoms with Gasteiger partial charge in [0, 0.05) is 23.2 Å². The van der Waals surface area contributed by atoms with Crippen LogP contribution >= 0.6 is 0 Å². The van der Waals surface area contributed by atoms with Crippen molar-refractivity contribution in [2.45, 2.75) is 0 Å². The average Bonchev–Trinajstić information content (AvgIpc) is 3.01. The largest absolute Gasteiger partial charge is 0.275 e. The zero-order valence-corrected chi connectivity index (χ0v) is 12.8. The maximum Gasteiger partial charge on any atom is 0.146 e. The van der Waals surface area contributed by atoms with Gasteiger partial charge in [-0.3, -0.25) is 4.57 Å². The standard InChI is InChI=1S/C19H8N6/c20-9-12-7-13(10-21)17(14(8-12)11-22)25-18-15(3-1-5-23-18)16-4-2-6-24-19(16)25/h1-8H. The van der Waals surface area contributed by atoms with Crippen LogP contribution in [0.25, 0.3) is 27.8 Å². The fourth-order valence-electron chi connectivity index (χ4n) is 2.99. The predicted octanol–water partition coefficient (Wildman–Crippen LogP) is 3.19. The van der Waals surface area contributed by atoms with Crippen LogP contribution in [0.5, 0.6) is 0 Å². The van der Waals surface area contributed by atoms with Crippen molar-refractivity contribution < 1.29 is 0 Å². The molecule has 114 valence electrons. The molecule has 0 amide bonds. The van der Waals surface area contributed by atoms with Crippen molar-refractivity contribution in [2.24, 2.45) is 0 Å². The Morgan fingerprint density at radius 1 is 0.760 bits per heavy atom. The number of rotatable bonds is 1. The third-order valence-corrected chi connectivity index (χ3v) is 3.99. The van der Waals surface area contributed by atoms with Crippen LogP contribution in [-0.4, -0.2) is 14.5 Å². The Hall–Kier alpha value is -4.21. The minimum atomic E-state index is 0.228. The summed E-state index contributed by atoms with van der Waals surface area (Å²) in [6.07, 6.45) is 3.30. The Morgan fingerprint density at radius 2 is 1.28 bits per heavy atom. The lowest BCUT2D eigenvalue weighted by atomic mass is 10.0. The van der Waals surface area contributed by atoms with Crippen LogP contribution < -0.4 is 0 Å². The van der Waals surface area contributed by atoms with E-state index in [4.69, 9.17) is 5.26 Å². The summed E-state index contributed by atoms with van der Waals surface area (Å²) in [6, 6.07) is 16.6. The second-order valence-corrected chi connectivity index (χ2v) is 5.34. The van der Waals surface area contributed by atoms with E-state index < -0.39 is 0 Å². The van der Waals surface area contributed by atoms with Gasteiger partial charge in [0.2, 0.25) is 0 Å². The third-order valence-electron chi connectivity index (χ3n) is 3.99. The van der Waals surface area contributed by atoms with Gasteiger partial charge in [0.25, 0.3) is 0 Å². The lowest BCUT2D eigenvalue weighted by Gasteiger charge is -2.10. The number of nitrogens with zero attached hydrogens (tertiary/aromatic N) is 6. The van der Waals surface area contributed by atoms with Crippen LogP contribution in [0.2, 0.25) is 0 Å². The highest BCUT2D eigenvalue weighted by atomic mass is 15.1. The number of aromatic nitrogens is 3. The van der Waals surface area contributed by atoms with Crippen LogP contribution in [-0.2, 0) is 0 Å². The molecule has 6 heteroatoms. The van der Waals surface area contributed by atoms with E-state index in [1.54, 1.807) is 17.0 Å². The second-order valence-electron chi connectivity index (χ2n) is 5.34. The number of hydrogen-bond acceptors (Lipinski definition) is 5. The lowest BCUT2D eigenvalue weighted by Crippen LogP contribution is -2.03. The smallest absolute Gasteiger partial charge is 0.146 e. The van der Waals surface area contributed by atoms with E-state index in [1.165, 1.54) is 12.1 Å². The molecule has 0 atom stereocenters. The summed E-state index contributed by atoms with van der Waals surface area (Å²) in [5.41, 5.74) is 2.32. The van der Waals surface area contributed by atoms with Crippen molar-refractivity contribution in [3.63, 3.8) is 0 Å². The molecule has 6 nitrogen and oxygen atoms in total. The molecule has 0 saturated carbocycles. The molecular formula is C19H8N6. The van der Waals surface area contributed by atoms with Crippen molar-refractivity contribution in [1.29, 1.82) is 15.8 Å². The van der Waals surface area contributed by atoms with E-state index in [-0.39, 0.29) is 16.7 Å². The molecule has 25 heavy (non-hydrogen) atoms. The molecule has 0 bridgehead atoms. The third kappa shape index (κ3) is 2.01. The van der Waals surface area contributed by atoms with Gasteiger partial charge in [0.1, 0.15) is 23.4 Å². The van der Waals surface area contributed by atoms with Gasteiger partial charge in [0.15, 0.2) is 0 Å². The summed E-state index contributed by atoms with van der Waals surface area (Å²) in [5, 5.41) is 30.1. The number of pyridine rings is 2. The molecule has 0 saturated heterocycles. The summed E-state index contributed by atoms with van der Waals surface area (Å²) < 4.78 is 1.71. The molecule has 1 aromatic carbocycles. The first-order valence-corrected chi connectivity index (χ1v) is 7.37. The number of hydrogen-bond donors (Lipinski definition) is 0. The molecule has 3 heterocycles. The summed E-state index contributed by atoms with van der Waals surface area (Å²) in [4.78, 5) is 8.85. The van der Waals surface area contributed by atoms with Crippen molar-refractivity contribution >= 4 is 22.1 Å². The fraction of sp³-hybridized carbons (Fsp3) is 0. The summed E-state index contributed by atoms with van der Waals surface area (Å²) in [7, 11) is 0. The van der Waals surface area contributed by atoms with Gasteiger partial charge in [-0.1, -0.05) is 0 Å². The molecular weight excluding hydrogens is 312 g/mol. The molecule has 0 aliphatic rings. The number of nitriles is 3. The Bertz CT molecular complexity index is 1190. The summed E-state index contributed by atoms with van der Waals surface area (Å²) in [5.74, 6) is 0. The number of fused-ring (bicyclic) bond motifs is 3. The lowest BCUT2D eigenvalue weighted by molar-refractivity contribution is 1.09. The maximum absolute atomic E-state index is 9.58. The van der Waals surface area contributed by atoms with Gasteiger partial charge >= 0.3 is 0 Å². The van der Waals surface area contributed by atoms with Crippen LogP contribution in [0, 0.1) is 34.0 Å². The SMILES string of the molecule is N#Cc1cc(C#N)c(-n2c3ncccc3c3cccnc32)c(C#N)c1. The minimum Gasteiger partial charge on any atom is -0.275 e. The van der Waals surface area contributed by atoms with Gasteiger partial charge in [-0.05, 0) is 36.4 Å². The van der Waals surface area contributed by atoms with Crippen molar-refractivity contribution in [3.8, 4) is 23.9 Å². The van der Waals surface area contributed by atoms with Gasteiger partial charge in [0.05, 0.1) is 28.4 Å². The second kappa shape index (κ2) is 5.45. The summed E-state index contributed by atoms with van der Waals surface area (Å²) >= 11 is 0. The Kier molecular flexibility index (Phi) is 3.14. The average molecular weight is 320 g/mol. The zero-order valence-electron chi connectivity index (χ0n) is 12.8. The van der Waals surface area contributed by atoms with E-state index in [0.717, 1.165) is 10.8 Å². The monoisotopic (exact) mass is 320 g/mol. The molecule has 0 radical (unpaired) electrons. The molecule has 0 aliphatic carbocycles. The van der Waals surface area contributed by atoms with Crippen LogP contribution in [0.4, 0.5) is 0 Å². The first-order valence-electron chi connectivity index (χ1n) is 7.37. The first-order chi connectivity index (χ1) is 12.3. The molecule has 0 N–H and O–H groups in total. The van der Waals surface area contributed by atoms with Gasteiger partial charge in [-0.2, -0.15) is 15.8 Å². The highest BCUT2D eigenvalue weighted by Crippen LogP contribution is 2.32. The van der Waals surface area contributed by atoms with Gasteiger partial charge < -0.3 is 0 Å². The highest BCUT2D eigenvalue weighted by Gasteiger charge is 2.20. The molecule has 0 unspecified atom stereocenters. The first kappa shape index (κ1) is 14.4. The zero-order chi connectivity index (χ0) is 17.4. The predicted molar refractivity (Wildman–Crippen MR) is 90.5 cm³/mol. The quantitative estimate of drug-likeness (QED) is 0.536. The van der Waals surface area contributed by atoms with E-state index in [0.29, 0.717) is 17.0 Å². The highest BCUT2D eigenvalue weighted by molar-refractivity contribution is 6.06. The van der Waals surface area contributed by atoms with Gasteiger partial charge in [-0.15, -0.1) is 0 Å². The van der Waals surface area contributed by atoms with E-state index in [2.05, 4.69) is 22.1 Å². The van der Waals surface area contributed by atoms with Crippen LogP contribution in [0.15, 0.2) is 48.8 Å². The maximum atomic E-state index is 9.58. The minimum absolute atomic E-state index is 0.228. The van der Waals surface area contributed by atoms with Crippen molar-refractivity contribution in [3.05, 3.63) is 65.5 Å².